The predicted molar refractivity (Wildman–Crippen MR) is 128 cm³/mol. The number of benzene rings is 3. The van der Waals surface area contributed by atoms with Gasteiger partial charge >= 0.3 is 17.8 Å². The van der Waals surface area contributed by atoms with Crippen molar-refractivity contribution < 1.29 is 23.9 Å². The van der Waals surface area contributed by atoms with Crippen LogP contribution in [0, 0.1) is 6.92 Å². The van der Waals surface area contributed by atoms with E-state index in [1.807, 2.05) is 19.1 Å². The fourth-order valence-electron chi connectivity index (χ4n) is 2.64. The van der Waals surface area contributed by atoms with Gasteiger partial charge in [-0.25, -0.2) is 10.2 Å². The summed E-state index contributed by atoms with van der Waals surface area (Å²) in [6.45, 7) is 1.91. The number of rotatable bonds is 6. The van der Waals surface area contributed by atoms with Crippen molar-refractivity contribution in [2.75, 3.05) is 12.4 Å². The molecular weight excluding hydrogens is 490 g/mol. The van der Waals surface area contributed by atoms with Gasteiger partial charge in [0.15, 0.2) is 0 Å². The molecule has 0 aliphatic heterocycles. The average Bonchev–Trinajstić information content (AvgIpc) is 2.82. The number of hydrogen-bond acceptors (Lipinski definition) is 6. The second-order valence-electron chi connectivity index (χ2n) is 6.82. The summed E-state index contributed by atoms with van der Waals surface area (Å²) in [6.07, 6.45) is 1.28. The van der Waals surface area contributed by atoms with Crippen LogP contribution >= 0.6 is 15.9 Å². The highest BCUT2D eigenvalue weighted by Crippen LogP contribution is 2.23. The lowest BCUT2D eigenvalue weighted by atomic mass is 10.2. The molecule has 168 valence electrons. The Labute approximate surface area is 198 Å². The Morgan fingerprint density at radius 1 is 0.939 bits per heavy atom. The number of carbonyl (C=O) groups is 3. The van der Waals surface area contributed by atoms with Crippen molar-refractivity contribution in [1.82, 2.24) is 5.43 Å². The molecule has 0 saturated carbocycles. The molecule has 0 atom stereocenters. The highest BCUT2D eigenvalue weighted by Gasteiger charge is 2.14. The van der Waals surface area contributed by atoms with Gasteiger partial charge in [0.05, 0.1) is 18.9 Å². The molecule has 2 amide bonds. The summed E-state index contributed by atoms with van der Waals surface area (Å²) in [5.74, 6) is -1.54. The Hall–Kier alpha value is -3.98. The maximum Gasteiger partial charge on any atom is 0.343 e. The molecule has 0 radical (unpaired) electrons. The minimum Gasteiger partial charge on any atom is -0.497 e. The van der Waals surface area contributed by atoms with Crippen molar-refractivity contribution in [3.05, 3.63) is 87.9 Å². The number of halogens is 1. The number of ether oxygens (including phenoxy) is 2. The number of aryl methyl sites for hydroxylation is 1. The van der Waals surface area contributed by atoms with E-state index in [4.69, 9.17) is 9.47 Å². The van der Waals surface area contributed by atoms with Crippen LogP contribution in [0.25, 0.3) is 0 Å². The molecule has 0 heterocycles. The molecule has 3 aromatic rings. The van der Waals surface area contributed by atoms with Crippen LogP contribution in [0.4, 0.5) is 5.69 Å². The number of amides is 2. The molecule has 0 aliphatic rings. The molecule has 2 N–H and O–H groups in total. The summed E-state index contributed by atoms with van der Waals surface area (Å²) in [5.41, 5.74) is 4.42. The molecule has 0 saturated heterocycles. The molecule has 3 aromatic carbocycles. The number of hydrogen-bond donors (Lipinski definition) is 2. The van der Waals surface area contributed by atoms with E-state index in [2.05, 4.69) is 31.8 Å². The highest BCUT2D eigenvalue weighted by molar-refractivity contribution is 9.10. The van der Waals surface area contributed by atoms with Gasteiger partial charge in [-0.1, -0.05) is 33.6 Å². The fraction of sp³-hybridized carbons (Fsp3) is 0.0833. The van der Waals surface area contributed by atoms with Crippen LogP contribution in [0.3, 0.4) is 0 Å². The van der Waals surface area contributed by atoms with Crippen LogP contribution in [-0.2, 0) is 9.59 Å². The number of nitrogens with zero attached hydrogens (tertiary/aromatic N) is 1. The van der Waals surface area contributed by atoms with Gasteiger partial charge in [0.1, 0.15) is 11.5 Å². The van der Waals surface area contributed by atoms with Gasteiger partial charge in [-0.3, -0.25) is 9.59 Å². The third-order valence-corrected chi connectivity index (χ3v) is 4.88. The molecule has 33 heavy (non-hydrogen) atoms. The zero-order valence-electron chi connectivity index (χ0n) is 17.8. The zero-order valence-corrected chi connectivity index (χ0v) is 19.4. The van der Waals surface area contributed by atoms with Crippen LogP contribution in [0.5, 0.6) is 11.5 Å². The van der Waals surface area contributed by atoms with E-state index < -0.39 is 17.8 Å². The van der Waals surface area contributed by atoms with E-state index in [9.17, 15) is 14.4 Å². The number of anilines is 1. The lowest BCUT2D eigenvalue weighted by molar-refractivity contribution is -0.136. The van der Waals surface area contributed by atoms with Gasteiger partial charge in [-0.2, -0.15) is 5.10 Å². The fourth-order valence-corrected chi connectivity index (χ4v) is 3.01. The van der Waals surface area contributed by atoms with Gasteiger partial charge < -0.3 is 14.8 Å². The van der Waals surface area contributed by atoms with Crippen LogP contribution in [-0.4, -0.2) is 31.1 Å². The average molecular weight is 510 g/mol. The summed E-state index contributed by atoms with van der Waals surface area (Å²) in [7, 11) is 1.53. The van der Waals surface area contributed by atoms with E-state index in [1.165, 1.54) is 13.3 Å². The van der Waals surface area contributed by atoms with Crippen molar-refractivity contribution in [2.45, 2.75) is 6.92 Å². The van der Waals surface area contributed by atoms with Crippen LogP contribution < -0.4 is 20.2 Å². The Kier molecular flexibility index (Phi) is 7.93. The third kappa shape index (κ3) is 6.75. The first-order chi connectivity index (χ1) is 15.9. The molecular formula is C24H20BrN3O5. The third-order valence-electron chi connectivity index (χ3n) is 4.39. The molecule has 0 spiro atoms. The van der Waals surface area contributed by atoms with E-state index in [0.29, 0.717) is 27.0 Å². The summed E-state index contributed by atoms with van der Waals surface area (Å²) >= 11 is 3.34. The van der Waals surface area contributed by atoms with E-state index in [-0.39, 0.29) is 5.75 Å². The number of methoxy groups -OCH3 is 1. The van der Waals surface area contributed by atoms with Crippen LogP contribution in [0.1, 0.15) is 21.5 Å². The molecule has 0 aliphatic carbocycles. The quantitative estimate of drug-likeness (QED) is 0.171. The Morgan fingerprint density at radius 2 is 1.64 bits per heavy atom. The minimum atomic E-state index is -0.946. The summed E-state index contributed by atoms with van der Waals surface area (Å²) in [4.78, 5) is 36.5. The Balaban J connectivity index is 1.65. The first-order valence-electron chi connectivity index (χ1n) is 9.72. The summed E-state index contributed by atoms with van der Waals surface area (Å²) in [6, 6.07) is 18.4. The van der Waals surface area contributed by atoms with E-state index in [0.717, 1.165) is 5.56 Å². The van der Waals surface area contributed by atoms with Crippen molar-refractivity contribution in [3.8, 4) is 11.5 Å². The van der Waals surface area contributed by atoms with E-state index >= 15 is 0 Å². The Bertz CT molecular complexity index is 1190. The lowest BCUT2D eigenvalue weighted by Gasteiger charge is -2.08. The number of carbonyl (C=O) groups excluding carboxylic acids is 3. The predicted octanol–water partition coefficient (Wildman–Crippen LogP) is 4.07. The summed E-state index contributed by atoms with van der Waals surface area (Å²) < 4.78 is 11.3. The normalized spacial score (nSPS) is 10.5. The van der Waals surface area contributed by atoms with Gasteiger partial charge in [0.2, 0.25) is 0 Å². The Morgan fingerprint density at radius 3 is 2.30 bits per heavy atom. The number of hydrazone groups is 1. The standard InChI is InChI=1S/C24H20BrN3O5/c1-15-3-8-19(9-4-15)27-22(29)23(30)28-26-14-17-13-18(25)7-12-21(17)33-24(31)16-5-10-20(32-2)11-6-16/h3-14H,1-2H3,(H,27,29)(H,28,30)/b26-14+. The van der Waals surface area contributed by atoms with Gasteiger partial charge in [0, 0.05) is 15.7 Å². The van der Waals surface area contributed by atoms with Crippen LogP contribution in [0.2, 0.25) is 0 Å². The first kappa shape index (κ1) is 23.7. The molecule has 0 fully saturated rings. The van der Waals surface area contributed by atoms with Crippen molar-refractivity contribution in [1.29, 1.82) is 0 Å². The van der Waals surface area contributed by atoms with Gasteiger partial charge in [-0.05, 0) is 61.5 Å². The lowest BCUT2D eigenvalue weighted by Crippen LogP contribution is -2.32. The minimum absolute atomic E-state index is 0.223. The maximum atomic E-state index is 12.5. The molecule has 0 unspecified atom stereocenters. The first-order valence-corrected chi connectivity index (χ1v) is 10.5. The van der Waals surface area contributed by atoms with Crippen molar-refractivity contribution in [2.24, 2.45) is 5.10 Å². The number of nitrogens with one attached hydrogen (secondary N) is 2. The SMILES string of the molecule is COc1ccc(C(=O)Oc2ccc(Br)cc2/C=N/NC(=O)C(=O)Nc2ccc(C)cc2)cc1. The maximum absolute atomic E-state index is 12.5. The topological polar surface area (TPSA) is 106 Å². The monoisotopic (exact) mass is 509 g/mol. The van der Waals surface area contributed by atoms with Gasteiger partial charge in [-0.15, -0.1) is 0 Å². The second kappa shape index (κ2) is 11.1. The van der Waals surface area contributed by atoms with Crippen LogP contribution in [0.15, 0.2) is 76.3 Å². The van der Waals surface area contributed by atoms with E-state index in [1.54, 1.807) is 54.6 Å². The van der Waals surface area contributed by atoms with Crippen molar-refractivity contribution in [3.63, 3.8) is 0 Å². The molecule has 8 nitrogen and oxygen atoms in total. The second-order valence-corrected chi connectivity index (χ2v) is 7.74. The zero-order chi connectivity index (χ0) is 23.8. The largest absolute Gasteiger partial charge is 0.497 e. The van der Waals surface area contributed by atoms with Gasteiger partial charge in [0.25, 0.3) is 0 Å². The molecule has 3 rings (SSSR count). The number of esters is 1. The smallest absolute Gasteiger partial charge is 0.343 e. The highest BCUT2D eigenvalue weighted by atomic mass is 79.9. The molecule has 0 aromatic heterocycles. The molecule has 0 bridgehead atoms. The molecule has 9 heteroatoms. The summed E-state index contributed by atoms with van der Waals surface area (Å²) in [5, 5.41) is 6.29. The van der Waals surface area contributed by atoms with Crippen molar-refractivity contribution >= 4 is 45.6 Å².